The first kappa shape index (κ1) is 15.6. The van der Waals surface area contributed by atoms with Crippen LogP contribution in [0.25, 0.3) is 0 Å². The lowest BCUT2D eigenvalue weighted by molar-refractivity contribution is -0.110. The fourth-order valence-electron chi connectivity index (χ4n) is 2.33. The quantitative estimate of drug-likeness (QED) is 0.869. The van der Waals surface area contributed by atoms with E-state index in [1.165, 1.54) is 6.42 Å². The second-order valence-electron chi connectivity index (χ2n) is 4.87. The largest absolute Gasteiger partial charge is 0.497 e. The molecule has 5 nitrogen and oxygen atoms in total. The molecule has 114 valence electrons. The molecule has 0 radical (unpaired) electrons. The van der Waals surface area contributed by atoms with Crippen molar-refractivity contribution in [3.8, 4) is 11.5 Å². The number of thiocarbonyl (C=S) groups is 1. The summed E-state index contributed by atoms with van der Waals surface area (Å²) in [6.07, 6.45) is 3.36. The Balaban J connectivity index is 2.09. The second-order valence-corrected chi connectivity index (χ2v) is 5.26. The van der Waals surface area contributed by atoms with E-state index in [0.717, 1.165) is 25.9 Å². The number of methoxy groups -OCH3 is 2. The lowest BCUT2D eigenvalue weighted by Gasteiger charge is -2.28. The monoisotopic (exact) mass is 308 g/mol. The molecule has 0 atom stereocenters. The summed E-state index contributed by atoms with van der Waals surface area (Å²) in [5.74, 6) is 0.944. The van der Waals surface area contributed by atoms with E-state index < -0.39 is 0 Å². The highest BCUT2D eigenvalue weighted by molar-refractivity contribution is 7.82. The molecule has 0 aliphatic carbocycles. The molecular formula is C15H20N2O3S. The normalized spacial score (nSPS) is 14.5. The summed E-state index contributed by atoms with van der Waals surface area (Å²) in [4.78, 5) is 14.6. The van der Waals surface area contributed by atoms with Gasteiger partial charge in [-0.3, -0.25) is 4.79 Å². The van der Waals surface area contributed by atoms with Crippen LogP contribution in [0.15, 0.2) is 18.2 Å². The molecule has 1 aromatic carbocycles. The van der Waals surface area contributed by atoms with Crippen LogP contribution in [0.1, 0.15) is 19.3 Å². The third-order valence-corrected chi connectivity index (χ3v) is 3.94. The van der Waals surface area contributed by atoms with E-state index in [9.17, 15) is 4.79 Å². The molecule has 0 aromatic heterocycles. The van der Waals surface area contributed by atoms with Crippen molar-refractivity contribution in [2.75, 3.05) is 32.6 Å². The molecule has 0 bridgehead atoms. The third kappa shape index (κ3) is 3.85. The molecule has 1 fully saturated rings. The number of carbonyl (C=O) groups is 1. The average molecular weight is 308 g/mol. The number of nitrogens with one attached hydrogen (secondary N) is 1. The van der Waals surface area contributed by atoms with Gasteiger partial charge in [0.15, 0.2) is 4.99 Å². The van der Waals surface area contributed by atoms with Crippen LogP contribution in [-0.4, -0.2) is 43.1 Å². The van der Waals surface area contributed by atoms with Crippen LogP contribution in [0.5, 0.6) is 11.5 Å². The minimum atomic E-state index is -0.279. The molecular weight excluding hydrogens is 288 g/mol. The van der Waals surface area contributed by atoms with E-state index in [-0.39, 0.29) is 5.91 Å². The van der Waals surface area contributed by atoms with Crippen LogP contribution >= 0.6 is 12.2 Å². The van der Waals surface area contributed by atoms with Gasteiger partial charge in [0.2, 0.25) is 0 Å². The zero-order valence-corrected chi connectivity index (χ0v) is 13.2. The molecule has 1 aromatic rings. The summed E-state index contributed by atoms with van der Waals surface area (Å²) in [5, 5.41) is 2.81. The molecule has 1 amide bonds. The van der Waals surface area contributed by atoms with E-state index in [1.54, 1.807) is 32.4 Å². The zero-order valence-electron chi connectivity index (χ0n) is 12.3. The van der Waals surface area contributed by atoms with Gasteiger partial charge in [0.1, 0.15) is 11.5 Å². The smallest absolute Gasteiger partial charge is 0.283 e. The van der Waals surface area contributed by atoms with Gasteiger partial charge in [-0.1, -0.05) is 12.2 Å². The van der Waals surface area contributed by atoms with Crippen molar-refractivity contribution in [2.24, 2.45) is 0 Å². The molecule has 0 spiro atoms. The summed E-state index contributed by atoms with van der Waals surface area (Å²) >= 11 is 5.28. The van der Waals surface area contributed by atoms with Crippen molar-refractivity contribution in [2.45, 2.75) is 19.3 Å². The Labute approximate surface area is 130 Å². The predicted octanol–water partition coefficient (Wildman–Crippen LogP) is 2.46. The first-order valence-corrected chi connectivity index (χ1v) is 7.39. The van der Waals surface area contributed by atoms with Gasteiger partial charge in [-0.15, -0.1) is 0 Å². The highest BCUT2D eigenvalue weighted by Crippen LogP contribution is 2.29. The topological polar surface area (TPSA) is 50.8 Å². The van der Waals surface area contributed by atoms with Gasteiger partial charge in [0.05, 0.1) is 19.9 Å². The van der Waals surface area contributed by atoms with Crippen molar-refractivity contribution in [3.63, 3.8) is 0 Å². The lowest BCUT2D eigenvalue weighted by Crippen LogP contribution is -2.41. The molecule has 0 unspecified atom stereocenters. The SMILES string of the molecule is COc1ccc(OC)c(NC(=O)C(=S)N2CCCCC2)c1. The van der Waals surface area contributed by atoms with Gasteiger partial charge >= 0.3 is 0 Å². The second kappa shape index (κ2) is 7.26. The van der Waals surface area contributed by atoms with Gasteiger partial charge in [-0.2, -0.15) is 0 Å². The molecule has 1 N–H and O–H groups in total. The maximum absolute atomic E-state index is 12.3. The molecule has 2 rings (SSSR count). The summed E-state index contributed by atoms with van der Waals surface area (Å²) in [5.41, 5.74) is 0.557. The van der Waals surface area contributed by atoms with E-state index in [1.807, 2.05) is 4.90 Å². The number of piperidine rings is 1. The van der Waals surface area contributed by atoms with Crippen molar-refractivity contribution in [1.82, 2.24) is 4.90 Å². The first-order chi connectivity index (χ1) is 10.2. The van der Waals surface area contributed by atoms with E-state index in [0.29, 0.717) is 22.2 Å². The maximum Gasteiger partial charge on any atom is 0.283 e. The highest BCUT2D eigenvalue weighted by Gasteiger charge is 2.20. The number of benzene rings is 1. The number of anilines is 1. The molecule has 21 heavy (non-hydrogen) atoms. The Morgan fingerprint density at radius 1 is 1.19 bits per heavy atom. The fourth-order valence-corrected chi connectivity index (χ4v) is 2.56. The standard InChI is InChI=1S/C15H20N2O3S/c1-19-11-6-7-13(20-2)12(10-11)16-14(18)15(21)17-8-4-3-5-9-17/h6-7,10H,3-5,8-9H2,1-2H3,(H,16,18). The Morgan fingerprint density at radius 3 is 2.52 bits per heavy atom. The fraction of sp³-hybridized carbons (Fsp3) is 0.467. The Hall–Kier alpha value is -1.82. The first-order valence-electron chi connectivity index (χ1n) is 6.98. The van der Waals surface area contributed by atoms with Crippen molar-refractivity contribution in [1.29, 1.82) is 0 Å². The molecule has 1 saturated heterocycles. The minimum Gasteiger partial charge on any atom is -0.497 e. The number of hydrogen-bond donors (Lipinski definition) is 1. The summed E-state index contributed by atoms with van der Waals surface area (Å²) < 4.78 is 10.4. The summed E-state index contributed by atoms with van der Waals surface area (Å²) in [6.45, 7) is 1.70. The minimum absolute atomic E-state index is 0.279. The van der Waals surface area contributed by atoms with Gasteiger partial charge in [0.25, 0.3) is 5.91 Å². The molecule has 0 saturated carbocycles. The van der Waals surface area contributed by atoms with Gasteiger partial charge in [-0.25, -0.2) is 0 Å². The number of ether oxygens (including phenoxy) is 2. The van der Waals surface area contributed by atoms with Crippen molar-refractivity contribution >= 4 is 28.8 Å². The Bertz CT molecular complexity index is 528. The molecule has 1 aliphatic heterocycles. The zero-order chi connectivity index (χ0) is 15.2. The number of rotatable bonds is 3. The summed E-state index contributed by atoms with van der Waals surface area (Å²) in [6, 6.07) is 5.24. The molecule has 1 heterocycles. The van der Waals surface area contributed by atoms with Crippen molar-refractivity contribution < 1.29 is 14.3 Å². The number of hydrogen-bond acceptors (Lipinski definition) is 4. The van der Waals surface area contributed by atoms with E-state index in [2.05, 4.69) is 5.32 Å². The number of likely N-dealkylation sites (tertiary alicyclic amines) is 1. The van der Waals surface area contributed by atoms with Crippen LogP contribution in [0.4, 0.5) is 5.69 Å². The number of carbonyl (C=O) groups excluding carboxylic acids is 1. The average Bonchev–Trinajstić information content (AvgIpc) is 2.54. The predicted molar refractivity (Wildman–Crippen MR) is 86.2 cm³/mol. The van der Waals surface area contributed by atoms with Crippen LogP contribution in [0.3, 0.4) is 0 Å². The van der Waals surface area contributed by atoms with E-state index >= 15 is 0 Å². The van der Waals surface area contributed by atoms with Crippen LogP contribution in [0.2, 0.25) is 0 Å². The Morgan fingerprint density at radius 2 is 1.90 bits per heavy atom. The maximum atomic E-state index is 12.3. The van der Waals surface area contributed by atoms with Crippen LogP contribution in [0, 0.1) is 0 Å². The van der Waals surface area contributed by atoms with Gasteiger partial charge < -0.3 is 19.7 Å². The van der Waals surface area contributed by atoms with Gasteiger partial charge in [-0.05, 0) is 31.4 Å². The summed E-state index contributed by atoms with van der Waals surface area (Å²) in [7, 11) is 3.13. The lowest BCUT2D eigenvalue weighted by atomic mass is 10.1. The molecule has 6 heteroatoms. The van der Waals surface area contributed by atoms with Crippen molar-refractivity contribution in [3.05, 3.63) is 18.2 Å². The third-order valence-electron chi connectivity index (χ3n) is 3.49. The van der Waals surface area contributed by atoms with Crippen LogP contribution in [-0.2, 0) is 4.79 Å². The van der Waals surface area contributed by atoms with Crippen LogP contribution < -0.4 is 14.8 Å². The highest BCUT2D eigenvalue weighted by atomic mass is 32.1. The van der Waals surface area contributed by atoms with Gasteiger partial charge in [0, 0.05) is 19.2 Å². The van der Waals surface area contributed by atoms with E-state index in [4.69, 9.17) is 21.7 Å². The Kier molecular flexibility index (Phi) is 5.38. The number of amides is 1. The number of nitrogens with zero attached hydrogens (tertiary/aromatic N) is 1. The molecule has 1 aliphatic rings.